The SMILES string of the molecule is CCc1ccccc1OC1CN(C(=O)CN2CCCC2=O)C1. The highest BCUT2D eigenvalue weighted by molar-refractivity contribution is 5.86. The Kier molecular flexibility index (Phi) is 4.32. The average Bonchev–Trinajstić information content (AvgIpc) is 2.88. The van der Waals surface area contributed by atoms with E-state index in [0.29, 0.717) is 26.1 Å². The monoisotopic (exact) mass is 302 g/mol. The van der Waals surface area contributed by atoms with Crippen LogP contribution in [0.1, 0.15) is 25.3 Å². The summed E-state index contributed by atoms with van der Waals surface area (Å²) in [5.41, 5.74) is 1.19. The molecule has 0 aromatic heterocycles. The van der Waals surface area contributed by atoms with Crippen LogP contribution in [0.2, 0.25) is 0 Å². The predicted molar refractivity (Wildman–Crippen MR) is 82.6 cm³/mol. The molecule has 2 aliphatic heterocycles. The van der Waals surface area contributed by atoms with Gasteiger partial charge in [0, 0.05) is 13.0 Å². The number of hydrogen-bond donors (Lipinski definition) is 0. The Morgan fingerprint density at radius 1 is 1.32 bits per heavy atom. The summed E-state index contributed by atoms with van der Waals surface area (Å²) in [6.07, 6.45) is 2.44. The van der Waals surface area contributed by atoms with Crippen LogP contribution < -0.4 is 4.74 Å². The van der Waals surface area contributed by atoms with Gasteiger partial charge in [0.15, 0.2) is 0 Å². The number of carbonyl (C=O) groups is 2. The van der Waals surface area contributed by atoms with Gasteiger partial charge in [-0.05, 0) is 24.5 Å². The Morgan fingerprint density at radius 2 is 2.09 bits per heavy atom. The van der Waals surface area contributed by atoms with Crippen molar-refractivity contribution in [3.05, 3.63) is 29.8 Å². The Balaban J connectivity index is 1.47. The minimum atomic E-state index is 0.0267. The van der Waals surface area contributed by atoms with Gasteiger partial charge in [0.25, 0.3) is 0 Å². The predicted octanol–water partition coefficient (Wildman–Crippen LogP) is 1.46. The van der Waals surface area contributed by atoms with Gasteiger partial charge < -0.3 is 14.5 Å². The zero-order valence-electron chi connectivity index (χ0n) is 13.0. The second kappa shape index (κ2) is 6.38. The van der Waals surface area contributed by atoms with Gasteiger partial charge in [0.1, 0.15) is 11.9 Å². The van der Waals surface area contributed by atoms with E-state index in [9.17, 15) is 9.59 Å². The number of likely N-dealkylation sites (tertiary alicyclic amines) is 2. The molecule has 2 aliphatic rings. The van der Waals surface area contributed by atoms with Crippen LogP contribution in [0, 0.1) is 0 Å². The molecule has 0 N–H and O–H groups in total. The third-order valence-corrected chi connectivity index (χ3v) is 4.35. The summed E-state index contributed by atoms with van der Waals surface area (Å²) in [6, 6.07) is 8.02. The number of ether oxygens (including phenoxy) is 1. The van der Waals surface area contributed by atoms with Gasteiger partial charge in [0.2, 0.25) is 11.8 Å². The zero-order chi connectivity index (χ0) is 15.5. The molecule has 2 fully saturated rings. The van der Waals surface area contributed by atoms with E-state index in [1.807, 2.05) is 18.2 Å². The summed E-state index contributed by atoms with van der Waals surface area (Å²) < 4.78 is 5.97. The lowest BCUT2D eigenvalue weighted by Gasteiger charge is -2.40. The molecule has 0 unspecified atom stereocenters. The van der Waals surface area contributed by atoms with E-state index in [-0.39, 0.29) is 24.5 Å². The molecule has 5 nitrogen and oxygen atoms in total. The maximum absolute atomic E-state index is 12.1. The molecule has 1 aromatic carbocycles. The van der Waals surface area contributed by atoms with E-state index >= 15 is 0 Å². The Morgan fingerprint density at radius 3 is 2.77 bits per heavy atom. The van der Waals surface area contributed by atoms with Crippen LogP contribution in [0.15, 0.2) is 24.3 Å². The Hall–Kier alpha value is -2.04. The number of carbonyl (C=O) groups excluding carboxylic acids is 2. The summed E-state index contributed by atoms with van der Waals surface area (Å²) in [6.45, 7) is 4.25. The number of nitrogens with zero attached hydrogens (tertiary/aromatic N) is 2. The van der Waals surface area contributed by atoms with Crippen molar-refractivity contribution in [2.45, 2.75) is 32.3 Å². The van der Waals surface area contributed by atoms with E-state index in [2.05, 4.69) is 13.0 Å². The van der Waals surface area contributed by atoms with E-state index in [0.717, 1.165) is 18.6 Å². The topological polar surface area (TPSA) is 49.9 Å². The van der Waals surface area contributed by atoms with Gasteiger partial charge in [-0.25, -0.2) is 0 Å². The molecule has 3 rings (SSSR count). The van der Waals surface area contributed by atoms with Crippen LogP contribution in [0.25, 0.3) is 0 Å². The standard InChI is InChI=1S/C17H22N2O3/c1-2-13-6-3-4-7-15(13)22-14-10-19(11-14)17(21)12-18-9-5-8-16(18)20/h3-4,6-7,14H,2,5,8-12H2,1H3. The van der Waals surface area contributed by atoms with Crippen LogP contribution in [0.5, 0.6) is 5.75 Å². The summed E-state index contributed by atoms with van der Waals surface area (Å²) in [4.78, 5) is 27.1. The van der Waals surface area contributed by atoms with Crippen molar-refractivity contribution in [3.8, 4) is 5.75 Å². The lowest BCUT2D eigenvalue weighted by Crippen LogP contribution is -2.58. The number of aryl methyl sites for hydroxylation is 1. The first-order valence-electron chi connectivity index (χ1n) is 7.97. The number of benzene rings is 1. The van der Waals surface area contributed by atoms with Crippen molar-refractivity contribution < 1.29 is 14.3 Å². The minimum absolute atomic E-state index is 0.0267. The highest BCUT2D eigenvalue weighted by Gasteiger charge is 2.34. The van der Waals surface area contributed by atoms with Crippen molar-refractivity contribution >= 4 is 11.8 Å². The van der Waals surface area contributed by atoms with Gasteiger partial charge in [0.05, 0.1) is 19.6 Å². The summed E-state index contributed by atoms with van der Waals surface area (Å²) in [5.74, 6) is 1.04. The van der Waals surface area contributed by atoms with Crippen molar-refractivity contribution in [1.82, 2.24) is 9.80 Å². The quantitative estimate of drug-likeness (QED) is 0.827. The van der Waals surface area contributed by atoms with Gasteiger partial charge >= 0.3 is 0 Å². The van der Waals surface area contributed by atoms with E-state index in [4.69, 9.17) is 4.74 Å². The Labute approximate surface area is 130 Å². The van der Waals surface area contributed by atoms with E-state index in [1.54, 1.807) is 9.80 Å². The smallest absolute Gasteiger partial charge is 0.242 e. The normalized spacial score (nSPS) is 18.5. The molecule has 1 aromatic rings. The summed E-state index contributed by atoms with van der Waals surface area (Å²) in [5, 5.41) is 0. The Bertz CT molecular complexity index is 567. The molecular weight excluding hydrogens is 280 g/mol. The largest absolute Gasteiger partial charge is 0.486 e. The molecule has 118 valence electrons. The van der Waals surface area contributed by atoms with Crippen molar-refractivity contribution in [2.75, 3.05) is 26.2 Å². The molecule has 2 heterocycles. The number of hydrogen-bond acceptors (Lipinski definition) is 3. The van der Waals surface area contributed by atoms with Gasteiger partial charge in [-0.3, -0.25) is 9.59 Å². The zero-order valence-corrected chi connectivity index (χ0v) is 13.0. The molecule has 0 spiro atoms. The molecule has 0 atom stereocenters. The highest BCUT2D eigenvalue weighted by atomic mass is 16.5. The van der Waals surface area contributed by atoms with Crippen molar-refractivity contribution in [3.63, 3.8) is 0 Å². The maximum Gasteiger partial charge on any atom is 0.242 e. The second-order valence-electron chi connectivity index (χ2n) is 5.92. The van der Waals surface area contributed by atoms with Crippen LogP contribution in [-0.2, 0) is 16.0 Å². The molecule has 0 saturated carbocycles. The van der Waals surface area contributed by atoms with Crippen molar-refractivity contribution in [1.29, 1.82) is 0 Å². The molecule has 0 bridgehead atoms. The minimum Gasteiger partial charge on any atom is -0.486 e. The fourth-order valence-electron chi connectivity index (χ4n) is 2.94. The van der Waals surface area contributed by atoms with E-state index < -0.39 is 0 Å². The van der Waals surface area contributed by atoms with Gasteiger partial charge in [-0.2, -0.15) is 0 Å². The van der Waals surface area contributed by atoms with Gasteiger partial charge in [-0.1, -0.05) is 25.1 Å². The molecular formula is C17H22N2O3. The fraction of sp³-hybridized carbons (Fsp3) is 0.529. The first-order valence-corrected chi connectivity index (χ1v) is 7.97. The number of amides is 2. The molecule has 0 aliphatic carbocycles. The maximum atomic E-state index is 12.1. The van der Waals surface area contributed by atoms with Gasteiger partial charge in [-0.15, -0.1) is 0 Å². The fourth-order valence-corrected chi connectivity index (χ4v) is 2.94. The van der Waals surface area contributed by atoms with Crippen LogP contribution in [0.4, 0.5) is 0 Å². The van der Waals surface area contributed by atoms with Crippen LogP contribution >= 0.6 is 0 Å². The lowest BCUT2D eigenvalue weighted by molar-refractivity contribution is -0.144. The molecule has 0 radical (unpaired) electrons. The van der Waals surface area contributed by atoms with Crippen molar-refractivity contribution in [2.24, 2.45) is 0 Å². The van der Waals surface area contributed by atoms with Crippen LogP contribution in [0.3, 0.4) is 0 Å². The van der Waals surface area contributed by atoms with E-state index in [1.165, 1.54) is 5.56 Å². The molecule has 2 amide bonds. The summed E-state index contributed by atoms with van der Waals surface area (Å²) in [7, 11) is 0. The molecule has 2 saturated heterocycles. The number of rotatable bonds is 5. The third kappa shape index (κ3) is 3.08. The number of para-hydroxylation sites is 1. The van der Waals surface area contributed by atoms with Crippen LogP contribution in [-0.4, -0.2) is 53.9 Å². The first kappa shape index (κ1) is 14.9. The summed E-state index contributed by atoms with van der Waals surface area (Å²) >= 11 is 0. The first-order chi connectivity index (χ1) is 10.7. The second-order valence-corrected chi connectivity index (χ2v) is 5.92. The highest BCUT2D eigenvalue weighted by Crippen LogP contribution is 2.23. The average molecular weight is 302 g/mol. The molecule has 5 heteroatoms. The molecule has 22 heavy (non-hydrogen) atoms. The lowest BCUT2D eigenvalue weighted by atomic mass is 10.1. The third-order valence-electron chi connectivity index (χ3n) is 4.35.